The van der Waals surface area contributed by atoms with Gasteiger partial charge in [-0.05, 0) is 30.7 Å². The van der Waals surface area contributed by atoms with Gasteiger partial charge in [-0.2, -0.15) is 5.10 Å². The lowest BCUT2D eigenvalue weighted by Crippen LogP contribution is -2.11. The molecule has 0 radical (unpaired) electrons. The lowest BCUT2D eigenvalue weighted by Gasteiger charge is -2.07. The Morgan fingerprint density at radius 1 is 1.50 bits per heavy atom. The van der Waals surface area contributed by atoms with E-state index in [9.17, 15) is 4.79 Å². The molecule has 1 amide bonds. The normalized spacial score (nSPS) is 10.1. The second-order valence-electron chi connectivity index (χ2n) is 3.52. The first kappa shape index (κ1) is 10.2. The number of hydrogen-bond donors (Lipinski definition) is 3. The minimum atomic E-state index is -0.193. The van der Waals surface area contributed by atoms with Crippen LogP contribution in [0.3, 0.4) is 0 Å². The topological polar surface area (TPSA) is 83.8 Å². The quantitative estimate of drug-likeness (QED) is 0.666. The molecule has 2 rings (SSSR count). The number of anilines is 2. The summed E-state index contributed by atoms with van der Waals surface area (Å²) in [6, 6.07) is 5.34. The molecule has 5 nitrogen and oxygen atoms in total. The van der Waals surface area contributed by atoms with Crippen molar-refractivity contribution in [2.75, 3.05) is 11.1 Å². The summed E-state index contributed by atoms with van der Waals surface area (Å²) in [6.45, 7) is 1.89. The fourth-order valence-corrected chi connectivity index (χ4v) is 1.40. The highest BCUT2D eigenvalue weighted by atomic mass is 16.1. The summed E-state index contributed by atoms with van der Waals surface area (Å²) in [7, 11) is 0. The highest BCUT2D eigenvalue weighted by Gasteiger charge is 2.08. The van der Waals surface area contributed by atoms with Crippen molar-refractivity contribution in [2.24, 2.45) is 0 Å². The summed E-state index contributed by atoms with van der Waals surface area (Å²) in [5.41, 5.74) is 8.48. The maximum atomic E-state index is 11.7. The number of benzene rings is 1. The van der Waals surface area contributed by atoms with Crippen molar-refractivity contribution in [1.82, 2.24) is 10.2 Å². The molecule has 0 saturated carbocycles. The average molecular weight is 216 g/mol. The van der Waals surface area contributed by atoms with E-state index in [0.29, 0.717) is 11.3 Å². The number of amides is 1. The summed E-state index contributed by atoms with van der Waals surface area (Å²) >= 11 is 0. The standard InChI is InChI=1S/C11H12N4O/c1-7-4-9(12)2-3-10(7)15-11(16)8-5-13-14-6-8/h2-6H,12H2,1H3,(H,13,14)(H,15,16). The Kier molecular flexibility index (Phi) is 2.59. The predicted molar refractivity (Wildman–Crippen MR) is 62.1 cm³/mol. The Labute approximate surface area is 92.7 Å². The molecule has 1 aromatic heterocycles. The summed E-state index contributed by atoms with van der Waals surface area (Å²) in [5.74, 6) is -0.193. The maximum absolute atomic E-state index is 11.7. The predicted octanol–water partition coefficient (Wildman–Crippen LogP) is 1.55. The van der Waals surface area contributed by atoms with Crippen molar-refractivity contribution in [3.05, 3.63) is 41.7 Å². The lowest BCUT2D eigenvalue weighted by molar-refractivity contribution is 0.102. The van der Waals surface area contributed by atoms with Crippen molar-refractivity contribution < 1.29 is 4.79 Å². The average Bonchev–Trinajstić information content (AvgIpc) is 2.75. The number of nitrogens with zero attached hydrogens (tertiary/aromatic N) is 1. The van der Waals surface area contributed by atoms with Gasteiger partial charge in [0.15, 0.2) is 0 Å². The number of nitrogens with one attached hydrogen (secondary N) is 2. The summed E-state index contributed by atoms with van der Waals surface area (Å²) in [6.07, 6.45) is 3.02. The highest BCUT2D eigenvalue weighted by molar-refractivity contribution is 6.04. The molecule has 2 aromatic rings. The minimum Gasteiger partial charge on any atom is -0.399 e. The Hall–Kier alpha value is -2.30. The van der Waals surface area contributed by atoms with Crippen LogP contribution in [-0.4, -0.2) is 16.1 Å². The zero-order valence-corrected chi connectivity index (χ0v) is 8.82. The molecule has 0 aliphatic rings. The van der Waals surface area contributed by atoms with Gasteiger partial charge < -0.3 is 11.1 Å². The zero-order chi connectivity index (χ0) is 11.5. The molecule has 5 heteroatoms. The van der Waals surface area contributed by atoms with Gasteiger partial charge in [-0.15, -0.1) is 0 Å². The van der Waals surface area contributed by atoms with Crippen molar-refractivity contribution >= 4 is 17.3 Å². The van der Waals surface area contributed by atoms with Gasteiger partial charge in [0.05, 0.1) is 11.8 Å². The van der Waals surface area contributed by atoms with Gasteiger partial charge in [0.2, 0.25) is 0 Å². The molecule has 16 heavy (non-hydrogen) atoms. The Balaban J connectivity index is 2.18. The number of nitrogens with two attached hydrogens (primary N) is 1. The number of aryl methyl sites for hydroxylation is 1. The van der Waals surface area contributed by atoms with E-state index in [0.717, 1.165) is 11.3 Å². The number of rotatable bonds is 2. The van der Waals surface area contributed by atoms with Gasteiger partial charge in [-0.25, -0.2) is 0 Å². The van der Waals surface area contributed by atoms with Gasteiger partial charge in [-0.3, -0.25) is 9.89 Å². The zero-order valence-electron chi connectivity index (χ0n) is 8.82. The molecule has 82 valence electrons. The summed E-state index contributed by atoms with van der Waals surface area (Å²) in [5, 5.41) is 9.09. The first-order chi connectivity index (χ1) is 7.66. The molecule has 0 aliphatic carbocycles. The molecule has 0 fully saturated rings. The van der Waals surface area contributed by atoms with Crippen LogP contribution in [0.25, 0.3) is 0 Å². The fraction of sp³-hybridized carbons (Fsp3) is 0.0909. The minimum absolute atomic E-state index is 0.193. The molecule has 0 bridgehead atoms. The third-order valence-electron chi connectivity index (χ3n) is 2.26. The van der Waals surface area contributed by atoms with Gasteiger partial charge >= 0.3 is 0 Å². The molecular formula is C11H12N4O. The number of nitrogen functional groups attached to an aromatic ring is 1. The molecule has 0 atom stereocenters. The molecule has 0 spiro atoms. The molecule has 1 aromatic carbocycles. The van der Waals surface area contributed by atoms with E-state index in [4.69, 9.17) is 5.73 Å². The van der Waals surface area contributed by atoms with Gasteiger partial charge in [-0.1, -0.05) is 0 Å². The number of aromatic nitrogens is 2. The fourth-order valence-electron chi connectivity index (χ4n) is 1.40. The number of H-pyrrole nitrogens is 1. The van der Waals surface area contributed by atoms with Crippen LogP contribution in [0.1, 0.15) is 15.9 Å². The van der Waals surface area contributed by atoms with E-state index >= 15 is 0 Å². The molecular weight excluding hydrogens is 204 g/mol. The van der Waals surface area contributed by atoms with Crippen LogP contribution >= 0.6 is 0 Å². The monoisotopic (exact) mass is 216 g/mol. The number of carbonyl (C=O) groups excluding carboxylic acids is 1. The van der Waals surface area contributed by atoms with Crippen LogP contribution in [-0.2, 0) is 0 Å². The van der Waals surface area contributed by atoms with Crippen molar-refractivity contribution in [3.8, 4) is 0 Å². The lowest BCUT2D eigenvalue weighted by atomic mass is 10.1. The van der Waals surface area contributed by atoms with Crippen LogP contribution in [0.5, 0.6) is 0 Å². The van der Waals surface area contributed by atoms with Crippen molar-refractivity contribution in [2.45, 2.75) is 6.92 Å². The van der Waals surface area contributed by atoms with Gasteiger partial charge in [0, 0.05) is 17.6 Å². The molecule has 0 unspecified atom stereocenters. The smallest absolute Gasteiger partial charge is 0.258 e. The first-order valence-electron chi connectivity index (χ1n) is 4.83. The Morgan fingerprint density at radius 2 is 2.31 bits per heavy atom. The summed E-state index contributed by atoms with van der Waals surface area (Å²) in [4.78, 5) is 11.7. The largest absolute Gasteiger partial charge is 0.399 e. The van der Waals surface area contributed by atoms with Crippen LogP contribution in [0.2, 0.25) is 0 Å². The van der Waals surface area contributed by atoms with Crippen LogP contribution in [0.4, 0.5) is 11.4 Å². The molecule has 0 aliphatic heterocycles. The first-order valence-corrected chi connectivity index (χ1v) is 4.83. The van der Waals surface area contributed by atoms with E-state index < -0.39 is 0 Å². The SMILES string of the molecule is Cc1cc(N)ccc1NC(=O)c1cn[nH]c1. The van der Waals surface area contributed by atoms with E-state index in [2.05, 4.69) is 15.5 Å². The van der Waals surface area contributed by atoms with Gasteiger partial charge in [0.25, 0.3) is 5.91 Å². The molecule has 4 N–H and O–H groups in total. The highest BCUT2D eigenvalue weighted by Crippen LogP contribution is 2.18. The van der Waals surface area contributed by atoms with Crippen molar-refractivity contribution in [3.63, 3.8) is 0 Å². The molecule has 0 saturated heterocycles. The third kappa shape index (κ3) is 2.03. The van der Waals surface area contributed by atoms with Gasteiger partial charge in [0.1, 0.15) is 0 Å². The van der Waals surface area contributed by atoms with Crippen molar-refractivity contribution in [1.29, 1.82) is 0 Å². The van der Waals surface area contributed by atoms with E-state index in [1.807, 2.05) is 13.0 Å². The maximum Gasteiger partial charge on any atom is 0.258 e. The number of carbonyl (C=O) groups is 1. The second-order valence-corrected chi connectivity index (χ2v) is 3.52. The molecule has 1 heterocycles. The Bertz CT molecular complexity index is 505. The van der Waals surface area contributed by atoms with Crippen LogP contribution in [0.15, 0.2) is 30.6 Å². The van der Waals surface area contributed by atoms with E-state index in [1.165, 1.54) is 6.20 Å². The van der Waals surface area contributed by atoms with E-state index in [1.54, 1.807) is 18.3 Å². The van der Waals surface area contributed by atoms with E-state index in [-0.39, 0.29) is 5.91 Å². The second kappa shape index (κ2) is 4.06. The third-order valence-corrected chi connectivity index (χ3v) is 2.26. The van der Waals surface area contributed by atoms with Crippen LogP contribution in [0, 0.1) is 6.92 Å². The summed E-state index contributed by atoms with van der Waals surface area (Å²) < 4.78 is 0. The number of aromatic amines is 1. The van der Waals surface area contributed by atoms with Crippen LogP contribution < -0.4 is 11.1 Å². The Morgan fingerprint density at radius 3 is 2.94 bits per heavy atom. The number of hydrogen-bond acceptors (Lipinski definition) is 3.